The van der Waals surface area contributed by atoms with Crippen LogP contribution in [0, 0.1) is 0 Å². The maximum Gasteiger partial charge on any atom is 0.142 e. The van der Waals surface area contributed by atoms with E-state index in [-0.39, 0.29) is 0 Å². The lowest BCUT2D eigenvalue weighted by Crippen LogP contribution is -2.02. The Morgan fingerprint density at radius 1 is 1.14 bits per heavy atom. The number of hydrogen-bond acceptors (Lipinski definition) is 5. The van der Waals surface area contributed by atoms with Gasteiger partial charge in [-0.1, -0.05) is 0 Å². The number of fused-ring (bicyclic) bond motifs is 1. The Morgan fingerprint density at radius 3 is 2.62 bits per heavy atom. The van der Waals surface area contributed by atoms with Crippen LogP contribution in [-0.4, -0.2) is 19.3 Å². The summed E-state index contributed by atoms with van der Waals surface area (Å²) in [5, 5.41) is 12.7. The summed E-state index contributed by atoms with van der Waals surface area (Å²) in [5.41, 5.74) is 0.721. The van der Waals surface area contributed by atoms with Crippen molar-refractivity contribution in [3.63, 3.8) is 0 Å². The fourth-order valence-corrected chi connectivity index (χ4v) is 5.02. The zero-order chi connectivity index (χ0) is 15.0. The molecular formula is C15H13BrO3S2. The van der Waals surface area contributed by atoms with Gasteiger partial charge in [0.25, 0.3) is 0 Å². The molecular weight excluding hydrogens is 372 g/mol. The van der Waals surface area contributed by atoms with Crippen LogP contribution in [-0.2, 0) is 0 Å². The van der Waals surface area contributed by atoms with Crippen molar-refractivity contribution in [3.8, 4) is 11.5 Å². The van der Waals surface area contributed by atoms with Gasteiger partial charge in [-0.25, -0.2) is 0 Å². The Balaban J connectivity index is 2.06. The Hall–Kier alpha value is -1.08. The minimum atomic E-state index is -0.716. The van der Waals surface area contributed by atoms with Crippen molar-refractivity contribution in [1.82, 2.24) is 0 Å². The first-order valence-electron chi connectivity index (χ1n) is 6.21. The van der Waals surface area contributed by atoms with Crippen molar-refractivity contribution < 1.29 is 14.6 Å². The third kappa shape index (κ3) is 2.57. The van der Waals surface area contributed by atoms with E-state index in [0.717, 1.165) is 10.4 Å². The first kappa shape index (κ1) is 14.8. The molecule has 0 saturated carbocycles. The van der Waals surface area contributed by atoms with E-state index in [1.165, 1.54) is 9.40 Å². The third-order valence-electron chi connectivity index (χ3n) is 3.24. The SMILES string of the molecule is COc1ccc(C(O)c2cc3sccc3s2)c(OC)c1Br. The van der Waals surface area contributed by atoms with Crippen LogP contribution >= 0.6 is 38.6 Å². The lowest BCUT2D eigenvalue weighted by molar-refractivity contribution is 0.218. The molecule has 0 radical (unpaired) electrons. The number of methoxy groups -OCH3 is 2. The van der Waals surface area contributed by atoms with E-state index in [9.17, 15) is 5.11 Å². The quantitative estimate of drug-likeness (QED) is 0.700. The number of hydrogen-bond donors (Lipinski definition) is 1. The first-order chi connectivity index (χ1) is 10.2. The van der Waals surface area contributed by atoms with Crippen LogP contribution in [0.15, 0.2) is 34.1 Å². The predicted molar refractivity (Wildman–Crippen MR) is 91.0 cm³/mol. The highest BCUT2D eigenvalue weighted by molar-refractivity contribution is 9.10. The fourth-order valence-electron chi connectivity index (χ4n) is 2.21. The van der Waals surface area contributed by atoms with Gasteiger partial charge in [0.15, 0.2) is 0 Å². The molecule has 0 saturated heterocycles. The molecule has 110 valence electrons. The molecule has 1 N–H and O–H groups in total. The van der Waals surface area contributed by atoms with Gasteiger partial charge >= 0.3 is 0 Å². The van der Waals surface area contributed by atoms with Crippen LogP contribution in [0.25, 0.3) is 9.40 Å². The molecule has 0 bridgehead atoms. The number of rotatable bonds is 4. The fraction of sp³-hybridized carbons (Fsp3) is 0.200. The molecule has 3 nitrogen and oxygen atoms in total. The van der Waals surface area contributed by atoms with Crippen molar-refractivity contribution in [3.05, 3.63) is 44.6 Å². The van der Waals surface area contributed by atoms with E-state index in [0.29, 0.717) is 16.0 Å². The second-order valence-electron chi connectivity index (χ2n) is 4.40. The summed E-state index contributed by atoms with van der Waals surface area (Å²) in [4.78, 5) is 0.909. The van der Waals surface area contributed by atoms with E-state index in [1.807, 2.05) is 18.2 Å². The Bertz CT molecular complexity index is 750. The molecule has 0 amide bonds. The molecule has 0 spiro atoms. The summed E-state index contributed by atoms with van der Waals surface area (Å²) in [7, 11) is 3.19. The zero-order valence-electron chi connectivity index (χ0n) is 11.4. The number of aliphatic hydroxyl groups is 1. The summed E-state index contributed by atoms with van der Waals surface area (Å²) < 4.78 is 13.8. The van der Waals surface area contributed by atoms with E-state index >= 15 is 0 Å². The summed E-state index contributed by atoms with van der Waals surface area (Å²) >= 11 is 6.74. The van der Waals surface area contributed by atoms with Crippen LogP contribution in [0.1, 0.15) is 16.5 Å². The summed E-state index contributed by atoms with van der Waals surface area (Å²) in [5.74, 6) is 1.27. The lowest BCUT2D eigenvalue weighted by atomic mass is 10.1. The maximum absolute atomic E-state index is 10.7. The van der Waals surface area contributed by atoms with Crippen molar-refractivity contribution in [1.29, 1.82) is 0 Å². The highest BCUT2D eigenvalue weighted by atomic mass is 79.9. The summed E-state index contributed by atoms with van der Waals surface area (Å²) in [6.45, 7) is 0. The Morgan fingerprint density at radius 2 is 1.95 bits per heavy atom. The van der Waals surface area contributed by atoms with Gasteiger partial charge in [0.2, 0.25) is 0 Å². The van der Waals surface area contributed by atoms with Crippen LogP contribution < -0.4 is 9.47 Å². The molecule has 3 aromatic rings. The van der Waals surface area contributed by atoms with E-state index in [4.69, 9.17) is 9.47 Å². The molecule has 1 unspecified atom stereocenters. The zero-order valence-corrected chi connectivity index (χ0v) is 14.6. The lowest BCUT2D eigenvalue weighted by Gasteiger charge is -2.16. The molecule has 21 heavy (non-hydrogen) atoms. The summed E-state index contributed by atoms with van der Waals surface area (Å²) in [6, 6.07) is 7.76. The van der Waals surface area contributed by atoms with E-state index in [2.05, 4.69) is 27.4 Å². The van der Waals surface area contributed by atoms with Gasteiger partial charge < -0.3 is 14.6 Å². The van der Waals surface area contributed by atoms with Gasteiger partial charge in [-0.15, -0.1) is 22.7 Å². The molecule has 2 aromatic heterocycles. The number of thiophene rings is 2. The normalized spacial score (nSPS) is 12.6. The van der Waals surface area contributed by atoms with Gasteiger partial charge in [-0.3, -0.25) is 0 Å². The largest absolute Gasteiger partial charge is 0.495 e. The summed E-state index contributed by atoms with van der Waals surface area (Å²) in [6.07, 6.45) is -0.716. The van der Waals surface area contributed by atoms with Gasteiger partial charge in [0.05, 0.1) is 14.2 Å². The number of ether oxygens (including phenoxy) is 2. The molecule has 1 aromatic carbocycles. The molecule has 1 atom stereocenters. The average Bonchev–Trinajstić information content (AvgIpc) is 3.07. The van der Waals surface area contributed by atoms with Crippen LogP contribution in [0.2, 0.25) is 0 Å². The topological polar surface area (TPSA) is 38.7 Å². The Labute approximate surface area is 138 Å². The van der Waals surface area contributed by atoms with Crippen LogP contribution in [0.5, 0.6) is 11.5 Å². The molecule has 2 heterocycles. The second-order valence-corrected chi connectivity index (χ2v) is 7.26. The molecule has 6 heteroatoms. The maximum atomic E-state index is 10.7. The highest BCUT2D eigenvalue weighted by Crippen LogP contribution is 2.43. The first-order valence-corrected chi connectivity index (χ1v) is 8.70. The standard InChI is InChI=1S/C15H13BrO3S2/c1-18-9-4-3-8(15(19-2)13(9)16)14(17)12-7-11-10(21-12)5-6-20-11/h3-7,14,17H,1-2H3. The molecule has 0 aliphatic rings. The average molecular weight is 385 g/mol. The second kappa shape index (κ2) is 5.96. The predicted octanol–water partition coefficient (Wildman–Crippen LogP) is 4.82. The van der Waals surface area contributed by atoms with Gasteiger partial charge in [-0.05, 0) is 45.6 Å². The van der Waals surface area contributed by atoms with Crippen molar-refractivity contribution in [2.75, 3.05) is 14.2 Å². The molecule has 0 aliphatic carbocycles. The van der Waals surface area contributed by atoms with Crippen molar-refractivity contribution in [2.24, 2.45) is 0 Å². The van der Waals surface area contributed by atoms with Crippen molar-refractivity contribution in [2.45, 2.75) is 6.10 Å². The van der Waals surface area contributed by atoms with Gasteiger partial charge in [0.1, 0.15) is 22.1 Å². The minimum Gasteiger partial charge on any atom is -0.495 e. The smallest absolute Gasteiger partial charge is 0.142 e. The Kier molecular flexibility index (Phi) is 4.21. The molecule has 0 fully saturated rings. The molecule has 0 aliphatic heterocycles. The van der Waals surface area contributed by atoms with Crippen LogP contribution in [0.4, 0.5) is 0 Å². The van der Waals surface area contributed by atoms with Gasteiger partial charge in [-0.2, -0.15) is 0 Å². The number of benzene rings is 1. The monoisotopic (exact) mass is 384 g/mol. The third-order valence-corrected chi connectivity index (χ3v) is 6.14. The molecule has 3 rings (SSSR count). The van der Waals surface area contributed by atoms with E-state index < -0.39 is 6.10 Å². The number of halogens is 1. The highest BCUT2D eigenvalue weighted by Gasteiger charge is 2.21. The van der Waals surface area contributed by atoms with Crippen molar-refractivity contribution >= 4 is 48.0 Å². The van der Waals surface area contributed by atoms with Gasteiger partial charge in [0, 0.05) is 19.8 Å². The minimum absolute atomic E-state index is 0.596. The van der Waals surface area contributed by atoms with Crippen LogP contribution in [0.3, 0.4) is 0 Å². The van der Waals surface area contributed by atoms with E-state index in [1.54, 1.807) is 36.9 Å². The number of aliphatic hydroxyl groups excluding tert-OH is 1.